The molecule has 0 saturated carbocycles. The Hall–Kier alpha value is -2.14. The summed E-state index contributed by atoms with van der Waals surface area (Å²) in [5, 5.41) is 7.69. The Morgan fingerprint density at radius 2 is 2.00 bits per heavy atom. The van der Waals surface area contributed by atoms with Crippen molar-refractivity contribution in [3.05, 3.63) is 51.7 Å². The molecule has 116 valence electrons. The fraction of sp³-hybridized carbons (Fsp3) is 0.294. The molecule has 0 aliphatic heterocycles. The number of carbonyl (C=O) groups is 2. The van der Waals surface area contributed by atoms with Crippen LogP contribution in [0.15, 0.2) is 35.7 Å². The third-order valence-electron chi connectivity index (χ3n) is 3.31. The van der Waals surface area contributed by atoms with Crippen LogP contribution < -0.4 is 10.6 Å². The summed E-state index contributed by atoms with van der Waals surface area (Å²) in [5.74, 6) is -0.253. The van der Waals surface area contributed by atoms with E-state index in [1.54, 1.807) is 0 Å². The smallest absolute Gasteiger partial charge is 0.226 e. The molecule has 2 N–H and O–H groups in total. The lowest BCUT2D eigenvalue weighted by molar-refractivity contribution is -0.120. The first-order valence-electron chi connectivity index (χ1n) is 7.13. The molecule has 4 nitrogen and oxygen atoms in total. The highest BCUT2D eigenvalue weighted by atomic mass is 32.1. The molecule has 0 aliphatic rings. The van der Waals surface area contributed by atoms with Gasteiger partial charge >= 0.3 is 0 Å². The summed E-state index contributed by atoms with van der Waals surface area (Å²) in [6, 6.07) is 9.45. The predicted molar refractivity (Wildman–Crippen MR) is 90.0 cm³/mol. The van der Waals surface area contributed by atoms with Gasteiger partial charge in [-0.2, -0.15) is 0 Å². The standard InChI is InChI=1S/C17H20N2O2S/c1-11-6-7-14(12(2)9-11)19-17(21)10-15(18-13(3)20)16-5-4-8-22-16/h4-9,15H,10H2,1-3H3,(H,18,20)(H,19,21)/t15-/m1/s1. The molecular formula is C17H20N2O2S. The lowest BCUT2D eigenvalue weighted by Crippen LogP contribution is -2.29. The topological polar surface area (TPSA) is 58.2 Å². The van der Waals surface area contributed by atoms with Crippen LogP contribution in [0.2, 0.25) is 0 Å². The van der Waals surface area contributed by atoms with Crippen LogP contribution in [0.1, 0.15) is 35.4 Å². The number of nitrogens with one attached hydrogen (secondary N) is 2. The molecule has 5 heteroatoms. The maximum absolute atomic E-state index is 12.3. The Balaban J connectivity index is 2.06. The first kappa shape index (κ1) is 16.2. The largest absolute Gasteiger partial charge is 0.348 e. The molecule has 2 aromatic rings. The molecule has 0 radical (unpaired) electrons. The molecule has 2 amide bonds. The van der Waals surface area contributed by atoms with Gasteiger partial charge in [0.1, 0.15) is 0 Å². The van der Waals surface area contributed by atoms with Crippen LogP contribution in [0.25, 0.3) is 0 Å². The quantitative estimate of drug-likeness (QED) is 0.886. The van der Waals surface area contributed by atoms with Crippen molar-refractivity contribution >= 4 is 28.8 Å². The summed E-state index contributed by atoms with van der Waals surface area (Å²) >= 11 is 1.53. The highest BCUT2D eigenvalue weighted by Crippen LogP contribution is 2.23. The second-order valence-electron chi connectivity index (χ2n) is 5.34. The van der Waals surface area contributed by atoms with Gasteiger partial charge < -0.3 is 10.6 Å². The number of hydrogen-bond donors (Lipinski definition) is 2. The Labute approximate surface area is 134 Å². The van der Waals surface area contributed by atoms with E-state index in [4.69, 9.17) is 0 Å². The molecule has 0 spiro atoms. The van der Waals surface area contributed by atoms with E-state index < -0.39 is 0 Å². The lowest BCUT2D eigenvalue weighted by Gasteiger charge is -2.17. The predicted octanol–water partition coefficient (Wildman–Crippen LogP) is 3.57. The van der Waals surface area contributed by atoms with Crippen molar-refractivity contribution in [2.75, 3.05) is 5.32 Å². The fourth-order valence-electron chi connectivity index (χ4n) is 2.30. The summed E-state index contributed by atoms with van der Waals surface area (Å²) in [4.78, 5) is 24.6. The van der Waals surface area contributed by atoms with E-state index in [9.17, 15) is 9.59 Å². The molecule has 22 heavy (non-hydrogen) atoms. The van der Waals surface area contributed by atoms with Crippen LogP contribution in [0, 0.1) is 13.8 Å². The van der Waals surface area contributed by atoms with E-state index in [2.05, 4.69) is 10.6 Å². The van der Waals surface area contributed by atoms with E-state index >= 15 is 0 Å². The number of hydrogen-bond acceptors (Lipinski definition) is 3. The van der Waals surface area contributed by atoms with Crippen LogP contribution in [-0.2, 0) is 9.59 Å². The summed E-state index contributed by atoms with van der Waals surface area (Å²) in [5.41, 5.74) is 2.99. The third kappa shape index (κ3) is 4.43. The van der Waals surface area contributed by atoms with Crippen LogP contribution >= 0.6 is 11.3 Å². The van der Waals surface area contributed by atoms with E-state index in [-0.39, 0.29) is 24.3 Å². The monoisotopic (exact) mass is 316 g/mol. The highest BCUT2D eigenvalue weighted by Gasteiger charge is 2.18. The van der Waals surface area contributed by atoms with Crippen molar-refractivity contribution in [1.29, 1.82) is 0 Å². The number of carbonyl (C=O) groups excluding carboxylic acids is 2. The van der Waals surface area contributed by atoms with E-state index in [1.807, 2.05) is 49.6 Å². The molecule has 0 fully saturated rings. The van der Waals surface area contributed by atoms with Crippen molar-refractivity contribution in [3.8, 4) is 0 Å². The summed E-state index contributed by atoms with van der Waals surface area (Å²) < 4.78 is 0. The normalized spacial score (nSPS) is 11.8. The molecule has 1 atom stereocenters. The van der Waals surface area contributed by atoms with Gasteiger partial charge in [-0.3, -0.25) is 9.59 Å². The van der Waals surface area contributed by atoms with Gasteiger partial charge in [-0.25, -0.2) is 0 Å². The first-order chi connectivity index (χ1) is 10.5. The highest BCUT2D eigenvalue weighted by molar-refractivity contribution is 7.10. The van der Waals surface area contributed by atoms with E-state index in [1.165, 1.54) is 18.3 Å². The molecule has 1 aromatic carbocycles. The molecule has 1 heterocycles. The second kappa shape index (κ2) is 7.22. The van der Waals surface area contributed by atoms with Gasteiger partial charge in [0.2, 0.25) is 11.8 Å². The number of aryl methyl sites for hydroxylation is 2. The lowest BCUT2D eigenvalue weighted by atomic mass is 10.1. The Morgan fingerprint density at radius 1 is 1.23 bits per heavy atom. The second-order valence-corrected chi connectivity index (χ2v) is 6.32. The van der Waals surface area contributed by atoms with Crippen molar-refractivity contribution in [1.82, 2.24) is 5.32 Å². The Bertz CT molecular complexity index is 665. The number of rotatable bonds is 5. The number of thiophene rings is 1. The maximum Gasteiger partial charge on any atom is 0.226 e. The van der Waals surface area contributed by atoms with Gasteiger partial charge in [-0.1, -0.05) is 23.8 Å². The number of amides is 2. The molecule has 1 aromatic heterocycles. The third-order valence-corrected chi connectivity index (χ3v) is 4.30. The summed E-state index contributed by atoms with van der Waals surface area (Å²) in [6.07, 6.45) is 0.216. The number of anilines is 1. The minimum absolute atomic E-state index is 0.112. The Morgan fingerprint density at radius 3 is 2.59 bits per heavy atom. The first-order valence-corrected chi connectivity index (χ1v) is 8.01. The molecule has 0 aliphatic carbocycles. The van der Waals surface area contributed by atoms with Crippen molar-refractivity contribution in [2.45, 2.75) is 33.2 Å². The van der Waals surface area contributed by atoms with E-state index in [0.29, 0.717) is 0 Å². The minimum atomic E-state index is -0.289. The van der Waals surface area contributed by atoms with Gasteiger partial charge in [0.05, 0.1) is 12.5 Å². The van der Waals surface area contributed by atoms with Gasteiger partial charge in [0, 0.05) is 17.5 Å². The van der Waals surface area contributed by atoms with Gasteiger partial charge in [-0.05, 0) is 36.9 Å². The zero-order chi connectivity index (χ0) is 16.1. The van der Waals surface area contributed by atoms with Gasteiger partial charge in [0.25, 0.3) is 0 Å². The molecule has 2 rings (SSSR count). The van der Waals surface area contributed by atoms with Crippen LogP contribution in [0.5, 0.6) is 0 Å². The summed E-state index contributed by atoms with van der Waals surface area (Å²) in [6.45, 7) is 5.44. The minimum Gasteiger partial charge on any atom is -0.348 e. The van der Waals surface area contributed by atoms with Crippen molar-refractivity contribution < 1.29 is 9.59 Å². The summed E-state index contributed by atoms with van der Waals surface area (Å²) in [7, 11) is 0. The molecule has 0 unspecified atom stereocenters. The zero-order valence-electron chi connectivity index (χ0n) is 13.0. The van der Waals surface area contributed by atoms with Gasteiger partial charge in [-0.15, -0.1) is 11.3 Å². The molecule has 0 bridgehead atoms. The average molecular weight is 316 g/mol. The van der Waals surface area contributed by atoms with Crippen molar-refractivity contribution in [3.63, 3.8) is 0 Å². The number of benzene rings is 1. The van der Waals surface area contributed by atoms with Gasteiger partial charge in [0.15, 0.2) is 0 Å². The van der Waals surface area contributed by atoms with Crippen LogP contribution in [0.3, 0.4) is 0 Å². The Kier molecular flexibility index (Phi) is 5.33. The van der Waals surface area contributed by atoms with Crippen LogP contribution in [-0.4, -0.2) is 11.8 Å². The van der Waals surface area contributed by atoms with Crippen molar-refractivity contribution in [2.24, 2.45) is 0 Å². The molecule has 0 saturated heterocycles. The van der Waals surface area contributed by atoms with Crippen LogP contribution in [0.4, 0.5) is 5.69 Å². The fourth-order valence-corrected chi connectivity index (χ4v) is 3.08. The molecular weight excluding hydrogens is 296 g/mol. The average Bonchev–Trinajstić information content (AvgIpc) is 2.95. The van der Waals surface area contributed by atoms with E-state index in [0.717, 1.165) is 21.7 Å². The maximum atomic E-state index is 12.3. The SMILES string of the molecule is CC(=O)N[C@H](CC(=O)Nc1ccc(C)cc1C)c1cccs1. The zero-order valence-corrected chi connectivity index (χ0v) is 13.8.